The Balaban J connectivity index is 1.82. The van der Waals surface area contributed by atoms with Crippen LogP contribution in [0.5, 0.6) is 0 Å². The van der Waals surface area contributed by atoms with Crippen molar-refractivity contribution < 1.29 is 9.59 Å². The Hall–Kier alpha value is -1.84. The molecule has 1 aromatic rings. The highest BCUT2D eigenvalue weighted by molar-refractivity contribution is 6.01. The largest absolute Gasteiger partial charge is 0.329 e. The summed E-state index contributed by atoms with van der Waals surface area (Å²) in [5.74, 6) is 0.368. The highest BCUT2D eigenvalue weighted by Crippen LogP contribution is 2.33. The van der Waals surface area contributed by atoms with E-state index in [1.165, 1.54) is 5.56 Å². The van der Waals surface area contributed by atoms with Crippen molar-refractivity contribution in [1.82, 2.24) is 4.90 Å². The number of aryl methyl sites for hydroxylation is 1. The van der Waals surface area contributed by atoms with E-state index in [0.717, 1.165) is 24.1 Å². The molecule has 1 aliphatic heterocycles. The van der Waals surface area contributed by atoms with Crippen molar-refractivity contribution in [2.45, 2.75) is 39.7 Å². The Kier molecular flexibility index (Phi) is 3.47. The molecule has 0 aromatic heterocycles. The lowest BCUT2D eigenvalue weighted by Crippen LogP contribution is -2.58. The Morgan fingerprint density at radius 2 is 1.90 bits per heavy atom. The molecule has 2 fully saturated rings. The van der Waals surface area contributed by atoms with Gasteiger partial charge in [0.15, 0.2) is 0 Å². The van der Waals surface area contributed by atoms with Crippen molar-refractivity contribution in [2.75, 3.05) is 18.0 Å². The molecule has 2 aliphatic rings. The van der Waals surface area contributed by atoms with E-state index in [-0.39, 0.29) is 23.8 Å². The van der Waals surface area contributed by atoms with Crippen LogP contribution >= 0.6 is 0 Å². The van der Waals surface area contributed by atoms with E-state index in [2.05, 4.69) is 13.0 Å². The van der Waals surface area contributed by atoms with Gasteiger partial charge >= 0.3 is 0 Å². The normalized spacial score (nSPS) is 22.6. The van der Waals surface area contributed by atoms with Crippen LogP contribution in [0.25, 0.3) is 0 Å². The van der Waals surface area contributed by atoms with Crippen molar-refractivity contribution in [1.29, 1.82) is 0 Å². The summed E-state index contributed by atoms with van der Waals surface area (Å²) in [5, 5.41) is 0. The van der Waals surface area contributed by atoms with E-state index in [1.54, 1.807) is 4.90 Å². The molecule has 1 heterocycles. The molecule has 2 amide bonds. The number of carbonyl (C=O) groups is 2. The minimum absolute atomic E-state index is 0.0314. The van der Waals surface area contributed by atoms with Gasteiger partial charge < -0.3 is 9.80 Å². The molecular formula is C17H22N2O2. The number of rotatable bonds is 2. The lowest BCUT2D eigenvalue weighted by molar-refractivity contribution is -0.141. The summed E-state index contributed by atoms with van der Waals surface area (Å²) in [6.07, 6.45) is 1.97. The molecule has 0 bridgehead atoms. The van der Waals surface area contributed by atoms with Crippen molar-refractivity contribution >= 4 is 17.5 Å². The molecular weight excluding hydrogens is 264 g/mol. The lowest BCUT2D eigenvalue weighted by Gasteiger charge is -2.40. The second-order valence-corrected chi connectivity index (χ2v) is 6.19. The molecule has 1 aromatic carbocycles. The fraction of sp³-hybridized carbons (Fsp3) is 0.529. The van der Waals surface area contributed by atoms with Crippen LogP contribution in [-0.2, 0) is 9.59 Å². The summed E-state index contributed by atoms with van der Waals surface area (Å²) in [6, 6.07) is 5.68. The van der Waals surface area contributed by atoms with Gasteiger partial charge in [-0.1, -0.05) is 12.1 Å². The van der Waals surface area contributed by atoms with Crippen LogP contribution in [0.2, 0.25) is 0 Å². The van der Waals surface area contributed by atoms with E-state index in [1.807, 2.05) is 30.9 Å². The van der Waals surface area contributed by atoms with Gasteiger partial charge in [-0.25, -0.2) is 0 Å². The van der Waals surface area contributed by atoms with Gasteiger partial charge in [0.25, 0.3) is 0 Å². The van der Waals surface area contributed by atoms with Crippen LogP contribution < -0.4 is 4.90 Å². The Labute approximate surface area is 125 Å². The maximum atomic E-state index is 12.7. The quantitative estimate of drug-likeness (QED) is 0.837. The molecule has 4 heteroatoms. The van der Waals surface area contributed by atoms with Gasteiger partial charge in [-0.3, -0.25) is 9.59 Å². The number of benzene rings is 1. The van der Waals surface area contributed by atoms with Crippen LogP contribution in [0, 0.1) is 19.8 Å². The Morgan fingerprint density at radius 3 is 2.57 bits per heavy atom. The van der Waals surface area contributed by atoms with Crippen molar-refractivity contribution in [3.63, 3.8) is 0 Å². The van der Waals surface area contributed by atoms with Gasteiger partial charge in [-0.2, -0.15) is 0 Å². The van der Waals surface area contributed by atoms with E-state index in [0.29, 0.717) is 13.1 Å². The molecule has 1 saturated carbocycles. The predicted octanol–water partition coefficient (Wildman–Crippen LogP) is 2.28. The topological polar surface area (TPSA) is 40.6 Å². The highest BCUT2D eigenvalue weighted by Gasteiger charge is 2.41. The number of carbonyl (C=O) groups excluding carboxylic acids is 2. The van der Waals surface area contributed by atoms with Crippen molar-refractivity contribution in [3.05, 3.63) is 29.3 Å². The molecule has 0 radical (unpaired) electrons. The molecule has 1 aliphatic carbocycles. The zero-order chi connectivity index (χ0) is 15.1. The van der Waals surface area contributed by atoms with Crippen molar-refractivity contribution in [3.8, 4) is 0 Å². The van der Waals surface area contributed by atoms with Crippen LogP contribution in [0.4, 0.5) is 5.69 Å². The number of hydrogen-bond donors (Lipinski definition) is 0. The van der Waals surface area contributed by atoms with Gasteiger partial charge in [0.2, 0.25) is 11.8 Å². The zero-order valence-electron chi connectivity index (χ0n) is 12.9. The standard InChI is InChI=1S/C17H22N2O2/c1-11-5-4-6-15(12(11)2)19-10-9-18(13(3)16(19)20)17(21)14-7-8-14/h4-6,13-14H,7-10H2,1-3H3. The Morgan fingerprint density at radius 1 is 1.19 bits per heavy atom. The average molecular weight is 286 g/mol. The van der Waals surface area contributed by atoms with Gasteiger partial charge in [-0.05, 0) is 50.8 Å². The van der Waals surface area contributed by atoms with Crippen LogP contribution in [-0.4, -0.2) is 35.8 Å². The van der Waals surface area contributed by atoms with Gasteiger partial charge in [-0.15, -0.1) is 0 Å². The third-order valence-electron chi connectivity index (χ3n) is 4.73. The molecule has 4 nitrogen and oxygen atoms in total. The van der Waals surface area contributed by atoms with Crippen LogP contribution in [0.15, 0.2) is 18.2 Å². The first-order valence-corrected chi connectivity index (χ1v) is 7.68. The molecule has 1 unspecified atom stereocenters. The van der Waals surface area contributed by atoms with E-state index in [9.17, 15) is 9.59 Å². The van der Waals surface area contributed by atoms with E-state index >= 15 is 0 Å². The van der Waals surface area contributed by atoms with Gasteiger partial charge in [0.1, 0.15) is 6.04 Å². The summed E-state index contributed by atoms with van der Waals surface area (Å²) < 4.78 is 0. The van der Waals surface area contributed by atoms with E-state index < -0.39 is 0 Å². The van der Waals surface area contributed by atoms with Crippen LogP contribution in [0.3, 0.4) is 0 Å². The number of anilines is 1. The molecule has 0 N–H and O–H groups in total. The lowest BCUT2D eigenvalue weighted by atomic mass is 10.0. The summed E-state index contributed by atoms with van der Waals surface area (Å²) in [4.78, 5) is 28.5. The fourth-order valence-corrected chi connectivity index (χ4v) is 3.00. The maximum Gasteiger partial charge on any atom is 0.249 e. The first kappa shape index (κ1) is 14.1. The minimum atomic E-state index is -0.355. The number of piperazine rings is 1. The van der Waals surface area contributed by atoms with Gasteiger partial charge in [0, 0.05) is 24.7 Å². The second-order valence-electron chi connectivity index (χ2n) is 6.19. The average Bonchev–Trinajstić information content (AvgIpc) is 3.29. The SMILES string of the molecule is Cc1cccc(N2CCN(C(=O)C3CC3)C(C)C2=O)c1C. The predicted molar refractivity (Wildman–Crippen MR) is 82.2 cm³/mol. The molecule has 1 saturated heterocycles. The summed E-state index contributed by atoms with van der Waals surface area (Å²) in [6.45, 7) is 7.17. The summed E-state index contributed by atoms with van der Waals surface area (Å²) in [5.41, 5.74) is 3.30. The van der Waals surface area contributed by atoms with Crippen molar-refractivity contribution in [2.24, 2.45) is 5.92 Å². The third kappa shape index (κ3) is 2.43. The zero-order valence-corrected chi connectivity index (χ0v) is 12.9. The Bertz CT molecular complexity index is 592. The minimum Gasteiger partial charge on any atom is -0.329 e. The van der Waals surface area contributed by atoms with E-state index in [4.69, 9.17) is 0 Å². The first-order valence-electron chi connectivity index (χ1n) is 7.68. The third-order valence-corrected chi connectivity index (χ3v) is 4.73. The molecule has 112 valence electrons. The number of hydrogen-bond acceptors (Lipinski definition) is 2. The fourth-order valence-electron chi connectivity index (χ4n) is 3.00. The molecule has 21 heavy (non-hydrogen) atoms. The summed E-state index contributed by atoms with van der Waals surface area (Å²) in [7, 11) is 0. The van der Waals surface area contributed by atoms with Crippen LogP contribution in [0.1, 0.15) is 30.9 Å². The summed E-state index contributed by atoms with van der Waals surface area (Å²) >= 11 is 0. The highest BCUT2D eigenvalue weighted by atomic mass is 16.2. The van der Waals surface area contributed by atoms with Gasteiger partial charge in [0.05, 0.1) is 0 Å². The number of nitrogens with zero attached hydrogens (tertiary/aromatic N) is 2. The second kappa shape index (κ2) is 5.17. The smallest absolute Gasteiger partial charge is 0.249 e. The molecule has 3 rings (SSSR count). The monoisotopic (exact) mass is 286 g/mol. The maximum absolute atomic E-state index is 12.7. The first-order chi connectivity index (χ1) is 10.0. The molecule has 0 spiro atoms. The molecule has 1 atom stereocenters. The number of amides is 2.